The second kappa shape index (κ2) is 9.27. The van der Waals surface area contributed by atoms with E-state index < -0.39 is 5.92 Å². The van der Waals surface area contributed by atoms with Gasteiger partial charge in [-0.1, -0.05) is 61.0 Å². The van der Waals surface area contributed by atoms with Gasteiger partial charge in [0, 0.05) is 23.1 Å². The summed E-state index contributed by atoms with van der Waals surface area (Å²) in [5.74, 6) is -0.794. The quantitative estimate of drug-likeness (QED) is 0.598. The van der Waals surface area contributed by atoms with Gasteiger partial charge in [0.05, 0.1) is 18.7 Å². The maximum atomic E-state index is 13.2. The number of rotatable bonds is 6. The molecule has 0 saturated carbocycles. The molecule has 2 aromatic rings. The minimum Gasteiger partial charge on any atom is -0.463 e. The molecule has 0 aromatic heterocycles. The van der Waals surface area contributed by atoms with Crippen molar-refractivity contribution >= 4 is 23.5 Å². The number of carbonyl (C=O) groups is 2. The summed E-state index contributed by atoms with van der Waals surface area (Å²) in [5, 5.41) is 0.551. The van der Waals surface area contributed by atoms with Gasteiger partial charge in [0.15, 0.2) is 0 Å². The first-order chi connectivity index (χ1) is 14.0. The molecule has 0 N–H and O–H groups in total. The van der Waals surface area contributed by atoms with Gasteiger partial charge < -0.3 is 9.64 Å². The van der Waals surface area contributed by atoms with Crippen LogP contribution in [0.15, 0.2) is 59.8 Å². The van der Waals surface area contributed by atoms with E-state index in [4.69, 9.17) is 16.3 Å². The Bertz CT molecular complexity index is 951. The van der Waals surface area contributed by atoms with Crippen molar-refractivity contribution in [2.24, 2.45) is 0 Å². The first-order valence-corrected chi connectivity index (χ1v) is 10.3. The number of aryl methyl sites for hydroxylation is 1. The Kier molecular flexibility index (Phi) is 6.75. The molecule has 4 nitrogen and oxygen atoms in total. The van der Waals surface area contributed by atoms with Crippen LogP contribution in [0.5, 0.6) is 0 Å². The molecule has 0 radical (unpaired) electrons. The van der Waals surface area contributed by atoms with Crippen molar-refractivity contribution in [3.05, 3.63) is 81.5 Å². The standard InChI is InChI=1S/C24H26ClNO3/c1-4-21-23(24(28)29-5-2)19(18-12-8-9-13-20(18)25)14-22(27)26(21)15-17-11-7-6-10-16(17)3/h6-13,19H,4-5,14-15H2,1-3H3/t19-/m1/s1. The van der Waals surface area contributed by atoms with Crippen molar-refractivity contribution in [3.8, 4) is 0 Å². The van der Waals surface area contributed by atoms with Crippen molar-refractivity contribution in [1.29, 1.82) is 0 Å². The number of carbonyl (C=O) groups excluding carboxylic acids is 2. The van der Waals surface area contributed by atoms with Crippen LogP contribution in [0.1, 0.15) is 49.3 Å². The third-order valence-corrected chi connectivity index (χ3v) is 5.71. The number of ether oxygens (including phenoxy) is 1. The molecule has 0 spiro atoms. The Hall–Kier alpha value is -2.59. The zero-order chi connectivity index (χ0) is 21.0. The summed E-state index contributed by atoms with van der Waals surface area (Å²) < 4.78 is 5.38. The second-order valence-corrected chi connectivity index (χ2v) is 7.53. The Balaban J connectivity index is 2.12. The lowest BCUT2D eigenvalue weighted by Crippen LogP contribution is -2.39. The van der Waals surface area contributed by atoms with Gasteiger partial charge >= 0.3 is 5.97 Å². The van der Waals surface area contributed by atoms with Gasteiger partial charge in [-0.2, -0.15) is 0 Å². The first-order valence-electron chi connectivity index (χ1n) is 9.97. The smallest absolute Gasteiger partial charge is 0.336 e. The van der Waals surface area contributed by atoms with E-state index in [-0.39, 0.29) is 24.9 Å². The van der Waals surface area contributed by atoms with E-state index in [0.29, 0.717) is 29.3 Å². The van der Waals surface area contributed by atoms with Crippen LogP contribution in [0.2, 0.25) is 5.02 Å². The van der Waals surface area contributed by atoms with Crippen molar-refractivity contribution in [3.63, 3.8) is 0 Å². The van der Waals surface area contributed by atoms with E-state index in [1.165, 1.54) is 0 Å². The first kappa shape index (κ1) is 21.1. The Labute approximate surface area is 177 Å². The third-order valence-electron chi connectivity index (χ3n) is 5.37. The molecule has 5 heteroatoms. The molecule has 0 fully saturated rings. The molecular formula is C24H26ClNO3. The maximum absolute atomic E-state index is 13.2. The largest absolute Gasteiger partial charge is 0.463 e. The number of halogens is 1. The molecule has 1 heterocycles. The van der Waals surface area contributed by atoms with Crippen molar-refractivity contribution in [2.45, 2.75) is 46.1 Å². The lowest BCUT2D eigenvalue weighted by atomic mass is 9.82. The highest BCUT2D eigenvalue weighted by molar-refractivity contribution is 6.31. The highest BCUT2D eigenvalue weighted by atomic mass is 35.5. The number of hydrogen-bond acceptors (Lipinski definition) is 3. The molecule has 1 atom stereocenters. The predicted molar refractivity (Wildman–Crippen MR) is 114 cm³/mol. The van der Waals surface area contributed by atoms with Crippen LogP contribution in [0.3, 0.4) is 0 Å². The molecule has 0 unspecified atom stereocenters. The summed E-state index contributed by atoms with van der Waals surface area (Å²) in [4.78, 5) is 27.9. The number of esters is 1. The predicted octanol–water partition coefficient (Wildman–Crippen LogP) is 5.39. The van der Waals surface area contributed by atoms with Gasteiger partial charge in [0.1, 0.15) is 0 Å². The van der Waals surface area contributed by atoms with Gasteiger partial charge in [-0.05, 0) is 43.0 Å². The zero-order valence-electron chi connectivity index (χ0n) is 17.1. The fraction of sp³-hybridized carbons (Fsp3) is 0.333. The molecule has 0 bridgehead atoms. The molecular weight excluding hydrogens is 386 g/mol. The van der Waals surface area contributed by atoms with Crippen LogP contribution in [0, 0.1) is 6.92 Å². The average molecular weight is 412 g/mol. The number of amides is 1. The second-order valence-electron chi connectivity index (χ2n) is 7.12. The summed E-state index contributed by atoms with van der Waals surface area (Å²) in [6.07, 6.45) is 0.736. The Morgan fingerprint density at radius 1 is 1.14 bits per heavy atom. The topological polar surface area (TPSA) is 46.6 Å². The van der Waals surface area contributed by atoms with Crippen LogP contribution in [0.4, 0.5) is 0 Å². The van der Waals surface area contributed by atoms with Gasteiger partial charge in [-0.15, -0.1) is 0 Å². The lowest BCUT2D eigenvalue weighted by Gasteiger charge is -2.36. The van der Waals surface area contributed by atoms with E-state index >= 15 is 0 Å². The molecule has 1 aliphatic heterocycles. The van der Waals surface area contributed by atoms with Crippen molar-refractivity contribution < 1.29 is 14.3 Å². The highest BCUT2D eigenvalue weighted by Crippen LogP contribution is 2.41. The minimum atomic E-state index is -0.404. The van der Waals surface area contributed by atoms with Crippen molar-refractivity contribution in [1.82, 2.24) is 4.90 Å². The molecule has 1 aliphatic rings. The SMILES string of the molecule is CCOC(=O)C1=C(CC)N(Cc2ccccc2C)C(=O)C[C@@H]1c1ccccc1Cl. The van der Waals surface area contributed by atoms with Gasteiger partial charge in [-0.3, -0.25) is 4.79 Å². The molecule has 3 rings (SSSR count). The van der Waals surface area contributed by atoms with E-state index in [1.807, 2.05) is 56.3 Å². The lowest BCUT2D eigenvalue weighted by molar-refractivity contribution is -0.140. The van der Waals surface area contributed by atoms with Crippen LogP contribution in [-0.4, -0.2) is 23.4 Å². The van der Waals surface area contributed by atoms with Crippen LogP contribution < -0.4 is 0 Å². The Morgan fingerprint density at radius 2 is 1.83 bits per heavy atom. The van der Waals surface area contributed by atoms with Gasteiger partial charge in [-0.25, -0.2) is 4.79 Å². The van der Waals surface area contributed by atoms with Crippen LogP contribution in [0.25, 0.3) is 0 Å². The van der Waals surface area contributed by atoms with E-state index in [2.05, 4.69) is 0 Å². The fourth-order valence-electron chi connectivity index (χ4n) is 3.90. The molecule has 0 saturated heterocycles. The third kappa shape index (κ3) is 4.38. The molecule has 29 heavy (non-hydrogen) atoms. The fourth-order valence-corrected chi connectivity index (χ4v) is 4.17. The van der Waals surface area contributed by atoms with Crippen LogP contribution in [-0.2, 0) is 20.9 Å². The average Bonchev–Trinajstić information content (AvgIpc) is 2.71. The number of nitrogens with zero attached hydrogens (tertiary/aromatic N) is 1. The van der Waals surface area contributed by atoms with E-state index in [0.717, 1.165) is 16.7 Å². The monoisotopic (exact) mass is 411 g/mol. The minimum absolute atomic E-state index is 0.0110. The molecule has 0 aliphatic carbocycles. The van der Waals surface area contributed by atoms with Gasteiger partial charge in [0.25, 0.3) is 0 Å². The highest BCUT2D eigenvalue weighted by Gasteiger charge is 2.38. The van der Waals surface area contributed by atoms with Crippen LogP contribution >= 0.6 is 11.6 Å². The summed E-state index contributed by atoms with van der Waals surface area (Å²) in [5.41, 5.74) is 4.21. The molecule has 1 amide bonds. The number of allylic oxidation sites excluding steroid dienone is 1. The summed E-state index contributed by atoms with van der Waals surface area (Å²) in [6, 6.07) is 15.4. The van der Waals surface area contributed by atoms with Crippen molar-refractivity contribution in [2.75, 3.05) is 6.61 Å². The Morgan fingerprint density at radius 3 is 2.48 bits per heavy atom. The summed E-state index contributed by atoms with van der Waals surface area (Å²) >= 11 is 6.43. The molecule has 152 valence electrons. The van der Waals surface area contributed by atoms with E-state index in [1.54, 1.807) is 17.9 Å². The maximum Gasteiger partial charge on any atom is 0.336 e. The van der Waals surface area contributed by atoms with Gasteiger partial charge in [0.2, 0.25) is 5.91 Å². The molecule has 2 aromatic carbocycles. The van der Waals surface area contributed by atoms with E-state index in [9.17, 15) is 9.59 Å². The normalized spacial score (nSPS) is 16.9. The number of hydrogen-bond donors (Lipinski definition) is 0. The summed E-state index contributed by atoms with van der Waals surface area (Å²) in [7, 11) is 0. The number of benzene rings is 2. The zero-order valence-corrected chi connectivity index (χ0v) is 17.8. The summed E-state index contributed by atoms with van der Waals surface area (Å²) in [6.45, 7) is 6.49.